The van der Waals surface area contributed by atoms with Crippen LogP contribution in [0.1, 0.15) is 25.3 Å². The quantitative estimate of drug-likeness (QED) is 0.636. The summed E-state index contributed by atoms with van der Waals surface area (Å²) in [6.07, 6.45) is 0.107. The molecule has 4 rings (SSSR count). The second-order valence-corrected chi connectivity index (χ2v) is 7.92. The van der Waals surface area contributed by atoms with Crippen molar-refractivity contribution >= 4 is 17.7 Å². The summed E-state index contributed by atoms with van der Waals surface area (Å²) < 4.78 is 32.4. The minimum atomic E-state index is -1.29. The molecule has 9 nitrogen and oxygen atoms in total. The number of carbonyl (C=O) groups excluding carboxylic acids is 2. The minimum absolute atomic E-state index is 0.0459. The van der Waals surface area contributed by atoms with E-state index in [0.717, 1.165) is 13.1 Å². The van der Waals surface area contributed by atoms with E-state index in [4.69, 9.17) is 14.2 Å². The number of piperidine rings is 1. The number of ether oxygens (including phenoxy) is 3. The van der Waals surface area contributed by atoms with Gasteiger partial charge < -0.3 is 30.0 Å². The highest BCUT2D eigenvalue weighted by Gasteiger charge is 2.52. The Morgan fingerprint density at radius 2 is 2.17 bits per heavy atom. The van der Waals surface area contributed by atoms with Crippen molar-refractivity contribution in [1.82, 2.24) is 10.6 Å². The Morgan fingerprint density at radius 3 is 2.83 bits per heavy atom. The maximum Gasteiger partial charge on any atom is 0.414 e. The first-order valence-corrected chi connectivity index (χ1v) is 10.0. The van der Waals surface area contributed by atoms with Crippen LogP contribution >= 0.6 is 0 Å². The van der Waals surface area contributed by atoms with Crippen molar-refractivity contribution < 1.29 is 33.3 Å². The number of carbonyl (C=O) groups is 2. The fraction of sp³-hybridized carbons (Fsp3) is 0.600. The van der Waals surface area contributed by atoms with Gasteiger partial charge in [-0.25, -0.2) is 9.18 Å². The van der Waals surface area contributed by atoms with E-state index in [1.807, 2.05) is 0 Å². The van der Waals surface area contributed by atoms with Gasteiger partial charge in [-0.1, -0.05) is 6.07 Å². The molecule has 0 aromatic heterocycles. The number of aliphatic hydroxyl groups is 1. The van der Waals surface area contributed by atoms with Crippen LogP contribution in [0.3, 0.4) is 0 Å². The molecule has 0 saturated carbocycles. The first-order chi connectivity index (χ1) is 14.4. The molecule has 1 unspecified atom stereocenters. The van der Waals surface area contributed by atoms with Crippen LogP contribution in [0.2, 0.25) is 0 Å². The third-order valence-electron chi connectivity index (χ3n) is 5.78. The van der Waals surface area contributed by atoms with Crippen LogP contribution < -0.4 is 15.5 Å². The summed E-state index contributed by atoms with van der Waals surface area (Å²) >= 11 is 0. The van der Waals surface area contributed by atoms with Gasteiger partial charge in [-0.15, -0.1) is 0 Å². The molecule has 164 valence electrons. The third-order valence-corrected chi connectivity index (χ3v) is 5.78. The fourth-order valence-electron chi connectivity index (χ4n) is 4.15. The summed E-state index contributed by atoms with van der Waals surface area (Å²) in [5.41, 5.74) is -0.777. The monoisotopic (exact) mass is 423 g/mol. The second kappa shape index (κ2) is 8.10. The van der Waals surface area contributed by atoms with Crippen LogP contribution in [0.15, 0.2) is 18.2 Å². The van der Waals surface area contributed by atoms with Gasteiger partial charge in [0.25, 0.3) is 0 Å². The highest BCUT2D eigenvalue weighted by molar-refractivity contribution is 5.89. The third kappa shape index (κ3) is 3.87. The molecule has 10 heteroatoms. The highest BCUT2D eigenvalue weighted by Crippen LogP contribution is 2.44. The molecule has 0 radical (unpaired) electrons. The number of nitrogens with zero attached hydrogens (tertiary/aromatic N) is 1. The lowest BCUT2D eigenvalue weighted by Gasteiger charge is -2.35. The van der Waals surface area contributed by atoms with Gasteiger partial charge in [-0.05, 0) is 12.1 Å². The predicted molar refractivity (Wildman–Crippen MR) is 103 cm³/mol. The maximum absolute atomic E-state index is 15.1. The average molecular weight is 423 g/mol. The normalized spacial score (nSPS) is 28.0. The van der Waals surface area contributed by atoms with Crippen molar-refractivity contribution in [3.63, 3.8) is 0 Å². The van der Waals surface area contributed by atoms with E-state index in [0.29, 0.717) is 18.5 Å². The van der Waals surface area contributed by atoms with Crippen LogP contribution in [0, 0.1) is 5.82 Å². The van der Waals surface area contributed by atoms with Crippen LogP contribution in [0.5, 0.6) is 0 Å². The second-order valence-electron chi connectivity index (χ2n) is 7.92. The number of hydrogen-bond acceptors (Lipinski definition) is 7. The number of anilines is 1. The molecule has 3 aliphatic heterocycles. The van der Waals surface area contributed by atoms with Gasteiger partial charge in [0.15, 0.2) is 5.79 Å². The number of cyclic esters (lactones) is 1. The SMILES string of the molecule is CC(=O)NCC1CN(c2ccc([C@]3(CO)COC4(CCNCC4)O3)c(F)c2)C(=O)O1. The van der Waals surface area contributed by atoms with E-state index in [1.54, 1.807) is 6.07 Å². The molecule has 2 amide bonds. The topological polar surface area (TPSA) is 109 Å². The standard InChI is InChI=1S/C20H26FN3O6/c1-13(26)23-9-15-10-24(18(27)29-15)14-2-3-16(17(21)8-14)19(11-25)12-28-20(30-19)4-6-22-7-5-20/h2-3,8,15,22,25H,4-7,9-12H2,1H3,(H,23,26)/t15?,19-/m0/s1. The summed E-state index contributed by atoms with van der Waals surface area (Å²) in [6.45, 7) is 2.82. The number of amides is 2. The van der Waals surface area contributed by atoms with Gasteiger partial charge in [-0.2, -0.15) is 0 Å². The first kappa shape index (κ1) is 21.0. The van der Waals surface area contributed by atoms with Gasteiger partial charge in [-0.3, -0.25) is 9.69 Å². The lowest BCUT2D eigenvalue weighted by molar-refractivity contribution is -0.209. The lowest BCUT2D eigenvalue weighted by Crippen LogP contribution is -2.45. The van der Waals surface area contributed by atoms with Crippen molar-refractivity contribution in [2.75, 3.05) is 44.3 Å². The molecular weight excluding hydrogens is 397 g/mol. The minimum Gasteiger partial charge on any atom is -0.442 e. The lowest BCUT2D eigenvalue weighted by atomic mass is 9.94. The van der Waals surface area contributed by atoms with E-state index in [-0.39, 0.29) is 31.2 Å². The zero-order valence-corrected chi connectivity index (χ0v) is 16.8. The summed E-state index contributed by atoms with van der Waals surface area (Å²) in [4.78, 5) is 24.5. The molecule has 3 N–H and O–H groups in total. The number of aliphatic hydroxyl groups excluding tert-OH is 1. The van der Waals surface area contributed by atoms with E-state index < -0.39 is 36.0 Å². The number of halogens is 1. The Morgan fingerprint density at radius 1 is 1.40 bits per heavy atom. The molecule has 30 heavy (non-hydrogen) atoms. The van der Waals surface area contributed by atoms with Crippen molar-refractivity contribution in [2.24, 2.45) is 0 Å². The Kier molecular flexibility index (Phi) is 5.67. The number of benzene rings is 1. The van der Waals surface area contributed by atoms with Crippen LogP contribution in [0.4, 0.5) is 14.9 Å². The smallest absolute Gasteiger partial charge is 0.414 e. The molecule has 3 saturated heterocycles. The Labute approximate surface area is 173 Å². The molecule has 2 atom stereocenters. The molecular formula is C20H26FN3O6. The van der Waals surface area contributed by atoms with Crippen molar-refractivity contribution in [3.05, 3.63) is 29.6 Å². The molecule has 1 aromatic rings. The highest BCUT2D eigenvalue weighted by atomic mass is 19.1. The molecule has 1 aromatic carbocycles. The zero-order chi connectivity index (χ0) is 21.4. The van der Waals surface area contributed by atoms with Gasteiger partial charge in [0, 0.05) is 38.4 Å². The van der Waals surface area contributed by atoms with E-state index in [9.17, 15) is 14.7 Å². The zero-order valence-electron chi connectivity index (χ0n) is 16.8. The Hall–Kier alpha value is -2.27. The predicted octanol–water partition coefficient (Wildman–Crippen LogP) is 0.601. The Bertz CT molecular complexity index is 831. The number of nitrogens with one attached hydrogen (secondary N) is 2. The largest absolute Gasteiger partial charge is 0.442 e. The van der Waals surface area contributed by atoms with Crippen molar-refractivity contribution in [3.8, 4) is 0 Å². The van der Waals surface area contributed by atoms with Gasteiger partial charge in [0.05, 0.1) is 32.0 Å². The van der Waals surface area contributed by atoms with Crippen LogP contribution in [-0.2, 0) is 24.6 Å². The van der Waals surface area contributed by atoms with E-state index in [2.05, 4.69) is 10.6 Å². The molecule has 3 fully saturated rings. The van der Waals surface area contributed by atoms with Gasteiger partial charge in [0.2, 0.25) is 5.91 Å². The van der Waals surface area contributed by atoms with Gasteiger partial charge >= 0.3 is 6.09 Å². The summed E-state index contributed by atoms with van der Waals surface area (Å²) in [6, 6.07) is 4.33. The van der Waals surface area contributed by atoms with Crippen LogP contribution in [-0.4, -0.2) is 68.4 Å². The number of rotatable bonds is 5. The van der Waals surface area contributed by atoms with Crippen LogP contribution in [0.25, 0.3) is 0 Å². The van der Waals surface area contributed by atoms with Crippen molar-refractivity contribution in [1.29, 1.82) is 0 Å². The fourth-order valence-corrected chi connectivity index (χ4v) is 4.15. The molecule has 3 aliphatic rings. The van der Waals surface area contributed by atoms with E-state index >= 15 is 4.39 Å². The van der Waals surface area contributed by atoms with E-state index in [1.165, 1.54) is 24.0 Å². The summed E-state index contributed by atoms with van der Waals surface area (Å²) in [5, 5.41) is 15.9. The average Bonchev–Trinajstić information content (AvgIpc) is 3.28. The first-order valence-electron chi connectivity index (χ1n) is 10.0. The maximum atomic E-state index is 15.1. The van der Waals surface area contributed by atoms with Gasteiger partial charge in [0.1, 0.15) is 17.5 Å². The molecule has 0 bridgehead atoms. The summed E-state index contributed by atoms with van der Waals surface area (Å²) in [5.74, 6) is -1.65. The van der Waals surface area contributed by atoms with Crippen molar-refractivity contribution in [2.45, 2.75) is 37.3 Å². The summed E-state index contributed by atoms with van der Waals surface area (Å²) in [7, 11) is 0. The Balaban J connectivity index is 1.52. The molecule has 1 spiro atoms. The number of hydrogen-bond donors (Lipinski definition) is 3. The molecule has 0 aliphatic carbocycles. The molecule has 3 heterocycles.